The molecule has 0 saturated carbocycles. The molecule has 0 aliphatic rings. The molecule has 0 aliphatic carbocycles. The Morgan fingerprint density at radius 3 is 2.39 bits per heavy atom. The number of nitrogens with zero attached hydrogens (tertiary/aromatic N) is 3. The number of aliphatic hydroxyl groups excluding tert-OH is 2. The van der Waals surface area contributed by atoms with Crippen LogP contribution in [0.2, 0.25) is 0 Å². The molecule has 1 aromatic rings. The van der Waals surface area contributed by atoms with Crippen molar-refractivity contribution < 1.29 is 15.0 Å². The highest BCUT2D eigenvalue weighted by Gasteiger charge is 2.19. The summed E-state index contributed by atoms with van der Waals surface area (Å²) in [5.74, 6) is -0.202. The third-order valence-corrected chi connectivity index (χ3v) is 2.74. The molecule has 102 valence electrons. The Morgan fingerprint density at radius 1 is 1.33 bits per heavy atom. The predicted octanol–water partition coefficient (Wildman–Crippen LogP) is -0.108. The van der Waals surface area contributed by atoms with Crippen molar-refractivity contribution >= 4 is 5.91 Å². The van der Waals surface area contributed by atoms with E-state index >= 15 is 0 Å². The van der Waals surface area contributed by atoms with Gasteiger partial charge in [-0.1, -0.05) is 6.92 Å². The van der Waals surface area contributed by atoms with E-state index in [0.29, 0.717) is 12.2 Å². The van der Waals surface area contributed by atoms with Crippen LogP contribution in [0.25, 0.3) is 0 Å². The molecular formula is C12H21N3O3. The molecule has 1 aromatic heterocycles. The quantitative estimate of drug-likeness (QED) is 0.712. The molecule has 0 spiro atoms. The van der Waals surface area contributed by atoms with Crippen LogP contribution in [-0.4, -0.2) is 57.1 Å². The number of aryl methyl sites for hydroxylation is 2. The van der Waals surface area contributed by atoms with Crippen LogP contribution < -0.4 is 0 Å². The fourth-order valence-corrected chi connectivity index (χ4v) is 1.77. The van der Waals surface area contributed by atoms with E-state index in [0.717, 1.165) is 12.1 Å². The highest BCUT2D eigenvalue weighted by molar-refractivity contribution is 5.92. The van der Waals surface area contributed by atoms with E-state index in [1.165, 1.54) is 4.90 Å². The summed E-state index contributed by atoms with van der Waals surface area (Å²) in [7, 11) is 0. The van der Waals surface area contributed by atoms with Crippen LogP contribution in [0.4, 0.5) is 0 Å². The van der Waals surface area contributed by atoms with Gasteiger partial charge < -0.3 is 15.1 Å². The summed E-state index contributed by atoms with van der Waals surface area (Å²) < 4.78 is 1.66. The number of carbonyl (C=O) groups excluding carboxylic acids is 1. The monoisotopic (exact) mass is 255 g/mol. The van der Waals surface area contributed by atoms with Gasteiger partial charge in [-0.25, -0.2) is 0 Å². The molecule has 0 bridgehead atoms. The number of aliphatic hydroxyl groups is 2. The topological polar surface area (TPSA) is 78.6 Å². The zero-order valence-corrected chi connectivity index (χ0v) is 11.0. The van der Waals surface area contributed by atoms with Crippen molar-refractivity contribution in [3.63, 3.8) is 0 Å². The van der Waals surface area contributed by atoms with E-state index in [1.807, 2.05) is 13.8 Å². The summed E-state index contributed by atoms with van der Waals surface area (Å²) in [6.07, 6.45) is 0.771. The van der Waals surface area contributed by atoms with Gasteiger partial charge in [0.1, 0.15) is 5.69 Å². The van der Waals surface area contributed by atoms with Crippen molar-refractivity contribution in [1.29, 1.82) is 0 Å². The third-order valence-electron chi connectivity index (χ3n) is 2.74. The second kappa shape index (κ2) is 7.13. The lowest BCUT2D eigenvalue weighted by Crippen LogP contribution is -2.37. The van der Waals surface area contributed by atoms with Crippen LogP contribution in [0.15, 0.2) is 6.07 Å². The molecule has 6 nitrogen and oxygen atoms in total. The van der Waals surface area contributed by atoms with E-state index in [9.17, 15) is 4.79 Å². The minimum Gasteiger partial charge on any atom is -0.395 e. The number of aromatic nitrogens is 2. The Labute approximate surface area is 107 Å². The fourth-order valence-electron chi connectivity index (χ4n) is 1.77. The first-order valence-electron chi connectivity index (χ1n) is 6.25. The van der Waals surface area contributed by atoms with Gasteiger partial charge in [-0.2, -0.15) is 5.10 Å². The lowest BCUT2D eigenvalue weighted by Gasteiger charge is -2.20. The van der Waals surface area contributed by atoms with Gasteiger partial charge in [0.25, 0.3) is 5.91 Å². The van der Waals surface area contributed by atoms with Gasteiger partial charge in [-0.3, -0.25) is 9.48 Å². The van der Waals surface area contributed by atoms with Gasteiger partial charge >= 0.3 is 0 Å². The van der Waals surface area contributed by atoms with Crippen molar-refractivity contribution in [3.8, 4) is 0 Å². The molecule has 0 aromatic carbocycles. The summed E-state index contributed by atoms with van der Waals surface area (Å²) in [5, 5.41) is 22.2. The summed E-state index contributed by atoms with van der Waals surface area (Å²) in [5.41, 5.74) is 1.38. The normalized spacial score (nSPS) is 10.7. The maximum absolute atomic E-state index is 12.3. The highest BCUT2D eigenvalue weighted by atomic mass is 16.3. The molecule has 1 rings (SSSR count). The molecule has 18 heavy (non-hydrogen) atoms. The summed E-state index contributed by atoms with van der Waals surface area (Å²) in [6.45, 7) is 4.72. The Bertz CT molecular complexity index is 384. The first kappa shape index (κ1) is 14.7. The van der Waals surface area contributed by atoms with Crippen LogP contribution in [0.5, 0.6) is 0 Å². The van der Waals surface area contributed by atoms with E-state index in [2.05, 4.69) is 5.10 Å². The molecule has 2 N–H and O–H groups in total. The first-order valence-corrected chi connectivity index (χ1v) is 6.25. The maximum Gasteiger partial charge on any atom is 0.272 e. The number of amides is 1. The number of hydrogen-bond donors (Lipinski definition) is 2. The molecule has 0 unspecified atom stereocenters. The zero-order valence-electron chi connectivity index (χ0n) is 11.0. The van der Waals surface area contributed by atoms with Gasteiger partial charge in [0.2, 0.25) is 0 Å². The van der Waals surface area contributed by atoms with Crippen LogP contribution >= 0.6 is 0 Å². The molecule has 0 radical (unpaired) electrons. The Morgan fingerprint density at radius 2 is 1.94 bits per heavy atom. The van der Waals surface area contributed by atoms with Crippen molar-refractivity contribution in [2.75, 3.05) is 26.3 Å². The molecular weight excluding hydrogens is 234 g/mol. The lowest BCUT2D eigenvalue weighted by molar-refractivity contribution is 0.0672. The zero-order chi connectivity index (χ0) is 13.5. The predicted molar refractivity (Wildman–Crippen MR) is 67.4 cm³/mol. The highest BCUT2D eigenvalue weighted by Crippen LogP contribution is 2.09. The Hall–Kier alpha value is -1.40. The average Bonchev–Trinajstić information content (AvgIpc) is 2.81. The standard InChI is InChI=1S/C12H21N3O3/c1-3-10-9-11(15(4-2)13-10)12(18)14(5-7-16)6-8-17/h9,16-17H,3-8H2,1-2H3. The summed E-state index contributed by atoms with van der Waals surface area (Å²) >= 11 is 0. The Kier molecular flexibility index (Phi) is 5.80. The molecule has 0 saturated heterocycles. The van der Waals surface area contributed by atoms with Gasteiger partial charge in [-0.15, -0.1) is 0 Å². The van der Waals surface area contributed by atoms with E-state index in [4.69, 9.17) is 10.2 Å². The fraction of sp³-hybridized carbons (Fsp3) is 0.667. The Balaban J connectivity index is 2.95. The van der Waals surface area contributed by atoms with E-state index in [-0.39, 0.29) is 32.2 Å². The van der Waals surface area contributed by atoms with Gasteiger partial charge in [0.05, 0.1) is 18.9 Å². The largest absolute Gasteiger partial charge is 0.395 e. The van der Waals surface area contributed by atoms with E-state index < -0.39 is 0 Å². The van der Waals surface area contributed by atoms with Gasteiger partial charge in [0.15, 0.2) is 0 Å². The minimum atomic E-state index is -0.202. The second-order valence-corrected chi connectivity index (χ2v) is 3.93. The van der Waals surface area contributed by atoms with Gasteiger partial charge in [0, 0.05) is 19.6 Å². The molecule has 6 heteroatoms. The smallest absolute Gasteiger partial charge is 0.272 e. The lowest BCUT2D eigenvalue weighted by atomic mass is 10.2. The third kappa shape index (κ3) is 3.30. The number of carbonyl (C=O) groups is 1. The molecule has 0 aliphatic heterocycles. The first-order chi connectivity index (χ1) is 8.67. The molecule has 1 amide bonds. The average molecular weight is 255 g/mol. The van der Waals surface area contributed by atoms with Crippen molar-refractivity contribution in [2.45, 2.75) is 26.8 Å². The van der Waals surface area contributed by atoms with Gasteiger partial charge in [-0.05, 0) is 19.4 Å². The van der Waals surface area contributed by atoms with Crippen molar-refractivity contribution in [3.05, 3.63) is 17.5 Å². The van der Waals surface area contributed by atoms with Crippen LogP contribution in [-0.2, 0) is 13.0 Å². The molecule has 1 heterocycles. The van der Waals surface area contributed by atoms with Crippen molar-refractivity contribution in [1.82, 2.24) is 14.7 Å². The van der Waals surface area contributed by atoms with Crippen LogP contribution in [0, 0.1) is 0 Å². The van der Waals surface area contributed by atoms with E-state index in [1.54, 1.807) is 10.7 Å². The number of rotatable bonds is 7. The maximum atomic E-state index is 12.3. The SMILES string of the molecule is CCc1cc(C(=O)N(CCO)CCO)n(CC)n1. The second-order valence-electron chi connectivity index (χ2n) is 3.93. The van der Waals surface area contributed by atoms with Crippen LogP contribution in [0.1, 0.15) is 30.0 Å². The summed E-state index contributed by atoms with van der Waals surface area (Å²) in [4.78, 5) is 13.7. The minimum absolute atomic E-state index is 0.118. The van der Waals surface area contributed by atoms with Crippen molar-refractivity contribution in [2.24, 2.45) is 0 Å². The number of hydrogen-bond acceptors (Lipinski definition) is 4. The van der Waals surface area contributed by atoms with Crippen LogP contribution in [0.3, 0.4) is 0 Å². The summed E-state index contributed by atoms with van der Waals surface area (Å²) in [6, 6.07) is 1.77. The molecule has 0 fully saturated rings. The molecule has 0 atom stereocenters.